The SMILES string of the molecule is CN(Cc1c(C=O)cccc1SCCCCCCCCN1CCCCC1)C1CCC(=O)NC1=O. The van der Waals surface area contributed by atoms with Gasteiger partial charge in [0, 0.05) is 23.4 Å². The smallest absolute Gasteiger partial charge is 0.243 e. The minimum atomic E-state index is -0.342. The molecule has 0 aliphatic carbocycles. The van der Waals surface area contributed by atoms with E-state index in [0.717, 1.165) is 22.5 Å². The van der Waals surface area contributed by atoms with E-state index in [2.05, 4.69) is 16.3 Å². The van der Waals surface area contributed by atoms with Crippen molar-refractivity contribution in [3.05, 3.63) is 29.3 Å². The van der Waals surface area contributed by atoms with E-state index in [1.807, 2.05) is 24.1 Å². The van der Waals surface area contributed by atoms with Crippen LogP contribution in [0.25, 0.3) is 0 Å². The third kappa shape index (κ3) is 8.51. The summed E-state index contributed by atoms with van der Waals surface area (Å²) in [5.41, 5.74) is 1.66. The Bertz CT molecular complexity index is 810. The van der Waals surface area contributed by atoms with E-state index < -0.39 is 0 Å². The van der Waals surface area contributed by atoms with E-state index in [1.165, 1.54) is 77.4 Å². The lowest BCUT2D eigenvalue weighted by molar-refractivity contribution is -0.137. The number of nitrogens with zero attached hydrogens (tertiary/aromatic N) is 2. The summed E-state index contributed by atoms with van der Waals surface area (Å²) in [6.45, 7) is 4.39. The first kappa shape index (κ1) is 26.9. The zero-order valence-electron chi connectivity index (χ0n) is 20.7. The molecule has 1 aromatic carbocycles. The van der Waals surface area contributed by atoms with Crippen LogP contribution in [0.3, 0.4) is 0 Å². The number of hydrogen-bond donors (Lipinski definition) is 1. The van der Waals surface area contributed by atoms with Gasteiger partial charge in [-0.05, 0) is 76.2 Å². The molecule has 0 spiro atoms. The molecule has 6 nitrogen and oxygen atoms in total. The number of nitrogens with one attached hydrogen (secondary N) is 1. The second-order valence-electron chi connectivity index (χ2n) is 9.70. The van der Waals surface area contributed by atoms with Crippen molar-refractivity contribution in [1.82, 2.24) is 15.1 Å². The molecule has 0 radical (unpaired) electrons. The average Bonchev–Trinajstić information content (AvgIpc) is 2.84. The van der Waals surface area contributed by atoms with Gasteiger partial charge in [0.1, 0.15) is 6.29 Å². The van der Waals surface area contributed by atoms with Gasteiger partial charge in [-0.15, -0.1) is 11.8 Å². The predicted octanol–water partition coefficient (Wildman–Crippen LogP) is 4.65. The van der Waals surface area contributed by atoms with Crippen molar-refractivity contribution in [1.29, 1.82) is 0 Å². The highest BCUT2D eigenvalue weighted by atomic mass is 32.2. The van der Waals surface area contributed by atoms with Crippen molar-refractivity contribution in [2.45, 2.75) is 88.1 Å². The number of rotatable bonds is 14. The third-order valence-corrected chi connectivity index (χ3v) is 8.21. The first-order valence-electron chi connectivity index (χ1n) is 13.0. The summed E-state index contributed by atoms with van der Waals surface area (Å²) in [6, 6.07) is 5.51. The third-order valence-electron chi connectivity index (χ3n) is 7.02. The lowest BCUT2D eigenvalue weighted by Crippen LogP contribution is -2.51. The Kier molecular flexibility index (Phi) is 11.6. The number of carbonyl (C=O) groups excluding carboxylic acids is 3. The quantitative estimate of drug-likeness (QED) is 0.178. The molecule has 1 aromatic rings. The number of thioether (sulfide) groups is 1. The second kappa shape index (κ2) is 14.6. The van der Waals surface area contributed by atoms with Crippen molar-refractivity contribution < 1.29 is 14.4 Å². The maximum atomic E-state index is 12.2. The van der Waals surface area contributed by atoms with Gasteiger partial charge >= 0.3 is 0 Å². The van der Waals surface area contributed by atoms with Crippen LogP contribution in [-0.4, -0.2) is 66.4 Å². The van der Waals surface area contributed by atoms with Crippen LogP contribution < -0.4 is 5.32 Å². The summed E-state index contributed by atoms with van der Waals surface area (Å²) >= 11 is 1.81. The number of likely N-dealkylation sites (N-methyl/N-ethyl adjacent to an activating group) is 1. The monoisotopic (exact) mass is 487 g/mol. The number of amides is 2. The average molecular weight is 488 g/mol. The normalized spacial score (nSPS) is 19.4. The number of benzene rings is 1. The van der Waals surface area contributed by atoms with E-state index in [0.29, 0.717) is 24.9 Å². The second-order valence-corrected chi connectivity index (χ2v) is 10.8. The standard InChI is InChI=1S/C27H41N3O3S/c1-29(24-14-15-26(32)28-27(24)33)20-23-22(21-31)12-11-13-25(23)34-19-10-5-3-2-4-7-16-30-17-8-6-9-18-30/h11-13,21,24H,2-10,14-20H2,1H3,(H,28,32,33). The molecule has 0 aromatic heterocycles. The summed E-state index contributed by atoms with van der Waals surface area (Å²) in [4.78, 5) is 41.1. The van der Waals surface area contributed by atoms with E-state index in [9.17, 15) is 14.4 Å². The molecule has 2 aliphatic heterocycles. The lowest BCUT2D eigenvalue weighted by atomic mass is 10.0. The molecule has 34 heavy (non-hydrogen) atoms. The maximum Gasteiger partial charge on any atom is 0.243 e. The molecular weight excluding hydrogens is 446 g/mol. The number of aldehydes is 1. The van der Waals surface area contributed by atoms with E-state index in [-0.39, 0.29) is 17.9 Å². The Morgan fingerprint density at radius 3 is 2.53 bits per heavy atom. The highest BCUT2D eigenvalue weighted by molar-refractivity contribution is 7.99. The zero-order chi connectivity index (χ0) is 24.2. The van der Waals surface area contributed by atoms with Gasteiger partial charge in [0.2, 0.25) is 11.8 Å². The highest BCUT2D eigenvalue weighted by Gasteiger charge is 2.30. The van der Waals surface area contributed by atoms with Crippen molar-refractivity contribution >= 4 is 29.9 Å². The molecule has 1 atom stereocenters. The molecule has 1 N–H and O–H groups in total. The number of imide groups is 1. The number of piperidine rings is 2. The van der Waals surface area contributed by atoms with Crippen LogP contribution in [0, 0.1) is 0 Å². The van der Waals surface area contributed by atoms with E-state index in [1.54, 1.807) is 11.8 Å². The minimum absolute atomic E-state index is 0.207. The van der Waals surface area contributed by atoms with Gasteiger partial charge in [-0.2, -0.15) is 0 Å². The fourth-order valence-corrected chi connectivity index (χ4v) is 6.07. The summed E-state index contributed by atoms with van der Waals surface area (Å²) in [6.07, 6.45) is 13.6. The highest BCUT2D eigenvalue weighted by Crippen LogP contribution is 2.28. The van der Waals surface area contributed by atoms with Gasteiger partial charge in [-0.25, -0.2) is 0 Å². The molecule has 1 unspecified atom stereocenters. The summed E-state index contributed by atoms with van der Waals surface area (Å²) in [5, 5.41) is 2.43. The van der Waals surface area contributed by atoms with Crippen LogP contribution in [0.4, 0.5) is 0 Å². The molecule has 0 saturated carbocycles. The van der Waals surface area contributed by atoms with Crippen molar-refractivity contribution in [3.8, 4) is 0 Å². The molecule has 188 valence electrons. The molecule has 7 heteroatoms. The van der Waals surface area contributed by atoms with Crippen LogP contribution in [0.1, 0.15) is 86.6 Å². The molecule has 0 bridgehead atoms. The van der Waals surface area contributed by atoms with Gasteiger partial charge in [0.15, 0.2) is 0 Å². The fourth-order valence-electron chi connectivity index (χ4n) is 4.97. The van der Waals surface area contributed by atoms with Crippen LogP contribution in [0.5, 0.6) is 0 Å². The Hall–Kier alpha value is -1.70. The van der Waals surface area contributed by atoms with E-state index >= 15 is 0 Å². The number of likely N-dealkylation sites (tertiary alicyclic amines) is 1. The fraction of sp³-hybridized carbons (Fsp3) is 0.667. The molecule has 2 aliphatic rings. The van der Waals surface area contributed by atoms with Crippen LogP contribution in [0.15, 0.2) is 23.1 Å². The zero-order valence-corrected chi connectivity index (χ0v) is 21.5. The Morgan fingerprint density at radius 1 is 1.06 bits per heavy atom. The summed E-state index contributed by atoms with van der Waals surface area (Å²) in [7, 11) is 1.89. The largest absolute Gasteiger partial charge is 0.303 e. The van der Waals surface area contributed by atoms with Crippen LogP contribution in [0.2, 0.25) is 0 Å². The summed E-state index contributed by atoms with van der Waals surface area (Å²) < 4.78 is 0. The van der Waals surface area contributed by atoms with Gasteiger partial charge in [-0.3, -0.25) is 24.6 Å². The molecule has 2 amide bonds. The van der Waals surface area contributed by atoms with Gasteiger partial charge in [-0.1, -0.05) is 44.2 Å². The predicted molar refractivity (Wildman–Crippen MR) is 138 cm³/mol. The summed E-state index contributed by atoms with van der Waals surface area (Å²) in [5.74, 6) is 0.583. The Labute approximate surface area is 209 Å². The Balaban J connectivity index is 1.38. The number of unbranched alkanes of at least 4 members (excludes halogenated alkanes) is 5. The minimum Gasteiger partial charge on any atom is -0.303 e. The topological polar surface area (TPSA) is 69.7 Å². The molecule has 2 heterocycles. The van der Waals surface area contributed by atoms with Crippen LogP contribution >= 0.6 is 11.8 Å². The van der Waals surface area contributed by atoms with Crippen molar-refractivity contribution in [2.24, 2.45) is 0 Å². The maximum absolute atomic E-state index is 12.2. The number of hydrogen-bond acceptors (Lipinski definition) is 6. The van der Waals surface area contributed by atoms with Gasteiger partial charge in [0.25, 0.3) is 0 Å². The number of carbonyl (C=O) groups is 3. The first-order chi connectivity index (χ1) is 16.6. The van der Waals surface area contributed by atoms with Gasteiger partial charge in [0.05, 0.1) is 6.04 Å². The molecule has 2 fully saturated rings. The Morgan fingerprint density at radius 2 is 1.79 bits per heavy atom. The molecule has 3 rings (SSSR count). The lowest BCUT2D eigenvalue weighted by Gasteiger charge is -2.30. The van der Waals surface area contributed by atoms with Crippen LogP contribution in [-0.2, 0) is 16.1 Å². The van der Waals surface area contributed by atoms with Crippen molar-refractivity contribution in [3.63, 3.8) is 0 Å². The molecule has 2 saturated heterocycles. The first-order valence-corrected chi connectivity index (χ1v) is 14.0. The van der Waals surface area contributed by atoms with E-state index in [4.69, 9.17) is 0 Å². The molecular formula is C27H41N3O3S. The van der Waals surface area contributed by atoms with Gasteiger partial charge < -0.3 is 4.90 Å². The van der Waals surface area contributed by atoms with Crippen molar-refractivity contribution in [2.75, 3.05) is 32.4 Å².